The van der Waals surface area contributed by atoms with E-state index in [1.54, 1.807) is 11.8 Å². The maximum atomic E-state index is 5.36. The molecule has 1 aliphatic rings. The van der Waals surface area contributed by atoms with Gasteiger partial charge < -0.3 is 9.64 Å². The summed E-state index contributed by atoms with van der Waals surface area (Å²) >= 11 is 1.59. The number of aryl methyl sites for hydroxylation is 1. The second-order valence-electron chi connectivity index (χ2n) is 3.84. The zero-order valence-corrected chi connectivity index (χ0v) is 10.8. The van der Waals surface area contributed by atoms with Crippen LogP contribution >= 0.6 is 11.8 Å². The number of hydrogen-bond donors (Lipinski definition) is 0. The second kappa shape index (κ2) is 5.01. The summed E-state index contributed by atoms with van der Waals surface area (Å²) in [6.07, 6.45) is 2.01. The van der Waals surface area contributed by atoms with E-state index >= 15 is 0 Å². The van der Waals surface area contributed by atoms with Crippen LogP contribution in [0.1, 0.15) is 11.3 Å². The molecule has 0 spiro atoms. The second-order valence-corrected chi connectivity index (χ2v) is 4.62. The van der Waals surface area contributed by atoms with Crippen LogP contribution in [0.15, 0.2) is 5.16 Å². The van der Waals surface area contributed by atoms with E-state index in [1.165, 1.54) is 5.56 Å². The number of nitrogens with zero attached hydrogens (tertiary/aromatic N) is 3. The zero-order chi connectivity index (χ0) is 11.5. The normalized spacial score (nSPS) is 16.6. The molecule has 0 atom stereocenters. The highest BCUT2D eigenvalue weighted by Gasteiger charge is 2.17. The van der Waals surface area contributed by atoms with Crippen LogP contribution in [0, 0.1) is 13.8 Å². The van der Waals surface area contributed by atoms with Crippen LogP contribution in [-0.2, 0) is 4.74 Å². The monoisotopic (exact) mass is 239 g/mol. The molecule has 1 aliphatic heterocycles. The van der Waals surface area contributed by atoms with Crippen molar-refractivity contribution < 1.29 is 4.74 Å². The van der Waals surface area contributed by atoms with E-state index in [-0.39, 0.29) is 0 Å². The Balaban J connectivity index is 2.33. The molecular formula is C11H17N3OS. The van der Waals surface area contributed by atoms with E-state index in [0.29, 0.717) is 0 Å². The SMILES string of the molecule is CSc1nc(C)c(C)c(N2CCOCC2)n1. The molecule has 0 aliphatic carbocycles. The fraction of sp³-hybridized carbons (Fsp3) is 0.636. The lowest BCUT2D eigenvalue weighted by Crippen LogP contribution is -2.37. The number of ether oxygens (including phenoxy) is 1. The van der Waals surface area contributed by atoms with Crippen molar-refractivity contribution in [3.05, 3.63) is 11.3 Å². The molecule has 2 heterocycles. The van der Waals surface area contributed by atoms with Crippen molar-refractivity contribution in [3.8, 4) is 0 Å². The highest BCUT2D eigenvalue weighted by Crippen LogP contribution is 2.23. The predicted octanol–water partition coefficient (Wildman–Crippen LogP) is 1.65. The summed E-state index contributed by atoms with van der Waals surface area (Å²) in [4.78, 5) is 11.3. The highest BCUT2D eigenvalue weighted by molar-refractivity contribution is 7.98. The lowest BCUT2D eigenvalue weighted by atomic mass is 10.2. The molecule has 4 nitrogen and oxygen atoms in total. The molecule has 1 saturated heterocycles. The van der Waals surface area contributed by atoms with Gasteiger partial charge in [0.2, 0.25) is 0 Å². The summed E-state index contributed by atoms with van der Waals surface area (Å²) in [5, 5.41) is 0.851. The number of aromatic nitrogens is 2. The maximum absolute atomic E-state index is 5.36. The molecule has 2 rings (SSSR count). The third kappa shape index (κ3) is 2.30. The molecule has 88 valence electrons. The Bertz CT molecular complexity index is 378. The van der Waals surface area contributed by atoms with Gasteiger partial charge >= 0.3 is 0 Å². The first-order valence-electron chi connectivity index (χ1n) is 5.44. The minimum Gasteiger partial charge on any atom is -0.378 e. The van der Waals surface area contributed by atoms with Gasteiger partial charge in [0.1, 0.15) is 5.82 Å². The average molecular weight is 239 g/mol. The van der Waals surface area contributed by atoms with Gasteiger partial charge in [0.05, 0.1) is 13.2 Å². The van der Waals surface area contributed by atoms with Gasteiger partial charge in [-0.1, -0.05) is 11.8 Å². The van der Waals surface area contributed by atoms with Crippen molar-refractivity contribution in [2.24, 2.45) is 0 Å². The maximum Gasteiger partial charge on any atom is 0.189 e. The minimum absolute atomic E-state index is 0.789. The van der Waals surface area contributed by atoms with Crippen LogP contribution in [0.25, 0.3) is 0 Å². The Hall–Kier alpha value is -0.810. The van der Waals surface area contributed by atoms with Crippen molar-refractivity contribution in [1.29, 1.82) is 0 Å². The van der Waals surface area contributed by atoms with Gasteiger partial charge in [-0.15, -0.1) is 0 Å². The van der Waals surface area contributed by atoms with Gasteiger partial charge in [-0.3, -0.25) is 0 Å². The van der Waals surface area contributed by atoms with Gasteiger partial charge in [-0.2, -0.15) is 0 Å². The quantitative estimate of drug-likeness (QED) is 0.579. The van der Waals surface area contributed by atoms with Crippen LogP contribution in [0.3, 0.4) is 0 Å². The first-order chi connectivity index (χ1) is 7.72. The van der Waals surface area contributed by atoms with Crippen LogP contribution in [0.2, 0.25) is 0 Å². The average Bonchev–Trinajstić information content (AvgIpc) is 2.33. The molecule has 0 amide bonds. The summed E-state index contributed by atoms with van der Waals surface area (Å²) in [6.45, 7) is 7.55. The fourth-order valence-electron chi connectivity index (χ4n) is 1.76. The Morgan fingerprint density at radius 1 is 1.19 bits per heavy atom. The molecule has 5 heteroatoms. The number of thioether (sulfide) groups is 1. The van der Waals surface area contributed by atoms with E-state index in [2.05, 4.69) is 21.8 Å². The van der Waals surface area contributed by atoms with Crippen molar-refractivity contribution in [2.45, 2.75) is 19.0 Å². The molecular weight excluding hydrogens is 222 g/mol. The van der Waals surface area contributed by atoms with Crippen molar-refractivity contribution in [2.75, 3.05) is 37.5 Å². The topological polar surface area (TPSA) is 38.2 Å². The standard InChI is InChI=1S/C11H17N3OS/c1-8-9(2)12-11(16-3)13-10(8)14-4-6-15-7-5-14/h4-7H2,1-3H3. The van der Waals surface area contributed by atoms with Gasteiger partial charge in [0.25, 0.3) is 0 Å². The Morgan fingerprint density at radius 3 is 2.50 bits per heavy atom. The van der Waals surface area contributed by atoms with Crippen molar-refractivity contribution in [3.63, 3.8) is 0 Å². The van der Waals surface area contributed by atoms with Gasteiger partial charge in [0.15, 0.2) is 5.16 Å². The van der Waals surface area contributed by atoms with Crippen LogP contribution in [-0.4, -0.2) is 42.5 Å². The first-order valence-corrected chi connectivity index (χ1v) is 6.66. The minimum atomic E-state index is 0.789. The largest absolute Gasteiger partial charge is 0.378 e. The van der Waals surface area contributed by atoms with Crippen LogP contribution in [0.5, 0.6) is 0 Å². The van der Waals surface area contributed by atoms with E-state index < -0.39 is 0 Å². The lowest BCUT2D eigenvalue weighted by molar-refractivity contribution is 0.122. The molecule has 0 bridgehead atoms. The molecule has 16 heavy (non-hydrogen) atoms. The van der Waals surface area contributed by atoms with E-state index in [1.807, 2.05) is 13.2 Å². The third-order valence-corrected chi connectivity index (χ3v) is 3.38. The third-order valence-electron chi connectivity index (χ3n) is 2.84. The molecule has 1 fully saturated rings. The van der Waals surface area contributed by atoms with E-state index in [4.69, 9.17) is 4.74 Å². The van der Waals surface area contributed by atoms with Crippen molar-refractivity contribution in [1.82, 2.24) is 9.97 Å². The Kier molecular flexibility index (Phi) is 3.66. The summed E-state index contributed by atoms with van der Waals surface area (Å²) in [6, 6.07) is 0. The van der Waals surface area contributed by atoms with E-state index in [9.17, 15) is 0 Å². The molecule has 1 aromatic rings. The summed E-state index contributed by atoms with van der Waals surface area (Å²) < 4.78 is 5.36. The number of morpholine rings is 1. The molecule has 0 aromatic carbocycles. The smallest absolute Gasteiger partial charge is 0.189 e. The molecule has 0 radical (unpaired) electrons. The Morgan fingerprint density at radius 2 is 1.88 bits per heavy atom. The zero-order valence-electron chi connectivity index (χ0n) is 9.99. The molecule has 0 saturated carbocycles. The number of rotatable bonds is 2. The van der Waals surface area contributed by atoms with Crippen LogP contribution in [0.4, 0.5) is 5.82 Å². The van der Waals surface area contributed by atoms with Gasteiger partial charge in [-0.25, -0.2) is 9.97 Å². The number of anilines is 1. The Labute approximate surface area is 100 Å². The summed E-state index contributed by atoms with van der Waals surface area (Å²) in [5.41, 5.74) is 2.25. The molecule has 0 N–H and O–H groups in total. The van der Waals surface area contributed by atoms with Crippen molar-refractivity contribution >= 4 is 17.6 Å². The summed E-state index contributed by atoms with van der Waals surface area (Å²) in [7, 11) is 0. The highest BCUT2D eigenvalue weighted by atomic mass is 32.2. The van der Waals surface area contributed by atoms with E-state index in [0.717, 1.165) is 43.0 Å². The molecule has 0 unspecified atom stereocenters. The van der Waals surface area contributed by atoms with Gasteiger partial charge in [0, 0.05) is 24.3 Å². The van der Waals surface area contributed by atoms with Gasteiger partial charge in [-0.05, 0) is 20.1 Å². The first kappa shape index (κ1) is 11.7. The number of hydrogen-bond acceptors (Lipinski definition) is 5. The summed E-state index contributed by atoms with van der Waals surface area (Å²) in [5.74, 6) is 1.07. The predicted molar refractivity (Wildman–Crippen MR) is 66.3 cm³/mol. The van der Waals surface area contributed by atoms with Crippen LogP contribution < -0.4 is 4.90 Å². The molecule has 1 aromatic heterocycles. The fourth-order valence-corrected chi connectivity index (χ4v) is 2.17. The lowest BCUT2D eigenvalue weighted by Gasteiger charge is -2.29.